The quantitative estimate of drug-likeness (QED) is 0.741. The molecular weight excluding hydrogens is 280 g/mol. The predicted molar refractivity (Wildman–Crippen MR) is 74.8 cm³/mol. The molecular formula is C13H22N2O4S. The van der Waals surface area contributed by atoms with E-state index in [0.717, 1.165) is 13.0 Å². The van der Waals surface area contributed by atoms with Gasteiger partial charge in [-0.2, -0.15) is 0 Å². The van der Waals surface area contributed by atoms with Crippen molar-refractivity contribution in [2.24, 2.45) is 0 Å². The van der Waals surface area contributed by atoms with Gasteiger partial charge in [-0.15, -0.1) is 0 Å². The molecule has 2 rings (SSSR count). The van der Waals surface area contributed by atoms with Crippen LogP contribution < -0.4 is 10.0 Å². The Balaban J connectivity index is 1.98. The van der Waals surface area contributed by atoms with E-state index in [9.17, 15) is 8.42 Å². The summed E-state index contributed by atoms with van der Waals surface area (Å²) >= 11 is 0. The normalized spacial score (nSPS) is 23.3. The van der Waals surface area contributed by atoms with E-state index in [2.05, 4.69) is 17.0 Å². The van der Waals surface area contributed by atoms with Crippen molar-refractivity contribution >= 4 is 10.0 Å². The molecule has 114 valence electrons. The zero-order valence-electron chi connectivity index (χ0n) is 11.9. The van der Waals surface area contributed by atoms with Crippen LogP contribution in [0.15, 0.2) is 21.6 Å². The Kier molecular flexibility index (Phi) is 5.20. The van der Waals surface area contributed by atoms with Crippen molar-refractivity contribution in [2.45, 2.75) is 50.5 Å². The lowest BCUT2D eigenvalue weighted by atomic mass is 10.2. The minimum absolute atomic E-state index is 0.0371. The number of sulfonamides is 1. The summed E-state index contributed by atoms with van der Waals surface area (Å²) in [4.78, 5) is 0. The van der Waals surface area contributed by atoms with Crippen molar-refractivity contribution in [3.8, 4) is 0 Å². The monoisotopic (exact) mass is 302 g/mol. The Hall–Kier alpha value is -0.890. The van der Waals surface area contributed by atoms with Crippen LogP contribution in [0.4, 0.5) is 0 Å². The summed E-state index contributed by atoms with van der Waals surface area (Å²) in [7, 11) is -3.61. The standard InChI is InChI=1S/C13H22N2O4S/c1-3-7-14-9-11-4-5-13(19-11)20(16,17)15-12-6-8-18-10(12)2/h4-5,10,12,14-15H,3,6-9H2,1-2H3. The molecule has 20 heavy (non-hydrogen) atoms. The van der Waals surface area contributed by atoms with Crippen LogP contribution in [-0.2, 0) is 21.3 Å². The lowest BCUT2D eigenvalue weighted by molar-refractivity contribution is 0.116. The zero-order chi connectivity index (χ0) is 14.6. The highest BCUT2D eigenvalue weighted by Gasteiger charge is 2.30. The molecule has 7 heteroatoms. The largest absolute Gasteiger partial charge is 0.447 e. The second kappa shape index (κ2) is 6.71. The maximum atomic E-state index is 12.2. The van der Waals surface area contributed by atoms with Crippen molar-refractivity contribution in [1.29, 1.82) is 0 Å². The van der Waals surface area contributed by atoms with E-state index in [4.69, 9.17) is 9.15 Å². The summed E-state index contributed by atoms with van der Waals surface area (Å²) in [5.41, 5.74) is 0. The summed E-state index contributed by atoms with van der Waals surface area (Å²) in [5, 5.41) is 3.13. The molecule has 1 saturated heterocycles. The average molecular weight is 302 g/mol. The third kappa shape index (κ3) is 3.82. The molecule has 1 aliphatic heterocycles. The van der Waals surface area contributed by atoms with Gasteiger partial charge in [0.05, 0.1) is 18.7 Å². The fourth-order valence-electron chi connectivity index (χ4n) is 2.13. The summed E-state index contributed by atoms with van der Waals surface area (Å²) < 4.78 is 37.8. The van der Waals surface area contributed by atoms with Gasteiger partial charge < -0.3 is 14.5 Å². The first-order chi connectivity index (χ1) is 9.53. The SMILES string of the molecule is CCCNCc1ccc(S(=O)(=O)NC2CCOC2C)o1. The molecule has 0 saturated carbocycles. The second-order valence-electron chi connectivity index (χ2n) is 4.99. The highest BCUT2D eigenvalue weighted by Crippen LogP contribution is 2.18. The molecule has 0 aliphatic carbocycles. The van der Waals surface area contributed by atoms with Crippen molar-refractivity contribution in [3.05, 3.63) is 17.9 Å². The molecule has 1 aliphatic rings. The topological polar surface area (TPSA) is 80.6 Å². The molecule has 0 radical (unpaired) electrons. The fraction of sp³-hybridized carbons (Fsp3) is 0.692. The summed E-state index contributed by atoms with van der Waals surface area (Å²) in [6, 6.07) is 2.99. The third-order valence-electron chi connectivity index (χ3n) is 3.31. The third-order valence-corrected chi connectivity index (χ3v) is 4.67. The van der Waals surface area contributed by atoms with Crippen LogP contribution in [0, 0.1) is 0 Å². The Morgan fingerprint density at radius 2 is 2.20 bits per heavy atom. The molecule has 2 atom stereocenters. The van der Waals surface area contributed by atoms with Gasteiger partial charge in [-0.3, -0.25) is 0 Å². The van der Waals surface area contributed by atoms with Gasteiger partial charge in [-0.25, -0.2) is 13.1 Å². The van der Waals surface area contributed by atoms with E-state index >= 15 is 0 Å². The van der Waals surface area contributed by atoms with E-state index in [1.807, 2.05) is 6.92 Å². The number of rotatable bonds is 7. The summed E-state index contributed by atoms with van der Waals surface area (Å²) in [5.74, 6) is 0.620. The van der Waals surface area contributed by atoms with E-state index in [1.165, 1.54) is 6.07 Å². The number of ether oxygens (including phenoxy) is 1. The van der Waals surface area contributed by atoms with Gasteiger partial charge in [0.15, 0.2) is 0 Å². The maximum Gasteiger partial charge on any atom is 0.274 e. The number of hydrogen-bond acceptors (Lipinski definition) is 5. The van der Waals surface area contributed by atoms with E-state index in [1.54, 1.807) is 6.07 Å². The minimum Gasteiger partial charge on any atom is -0.447 e. The first kappa shape index (κ1) is 15.5. The molecule has 6 nitrogen and oxygen atoms in total. The van der Waals surface area contributed by atoms with Crippen molar-refractivity contribution in [2.75, 3.05) is 13.2 Å². The molecule has 0 amide bonds. The molecule has 2 unspecified atom stereocenters. The molecule has 0 bridgehead atoms. The van der Waals surface area contributed by atoms with E-state index in [-0.39, 0.29) is 17.2 Å². The van der Waals surface area contributed by atoms with Crippen molar-refractivity contribution in [1.82, 2.24) is 10.0 Å². The zero-order valence-corrected chi connectivity index (χ0v) is 12.7. The van der Waals surface area contributed by atoms with Crippen molar-refractivity contribution < 1.29 is 17.6 Å². The van der Waals surface area contributed by atoms with Gasteiger partial charge in [0.1, 0.15) is 5.76 Å². The smallest absolute Gasteiger partial charge is 0.274 e. The molecule has 1 aromatic heterocycles. The van der Waals surface area contributed by atoms with Gasteiger partial charge in [0.2, 0.25) is 5.09 Å². The number of furan rings is 1. The Morgan fingerprint density at radius 1 is 1.40 bits per heavy atom. The van der Waals surface area contributed by atoms with Crippen LogP contribution in [0.5, 0.6) is 0 Å². The predicted octanol–water partition coefficient (Wildman–Crippen LogP) is 1.23. The maximum absolute atomic E-state index is 12.2. The number of hydrogen-bond donors (Lipinski definition) is 2. The number of nitrogens with one attached hydrogen (secondary N) is 2. The van der Waals surface area contributed by atoms with Gasteiger partial charge in [-0.1, -0.05) is 6.92 Å². The Bertz CT molecular complexity index is 526. The molecule has 1 aromatic rings. The van der Waals surface area contributed by atoms with Gasteiger partial charge in [0, 0.05) is 6.61 Å². The Labute approximate surface area is 119 Å². The van der Waals surface area contributed by atoms with Crippen LogP contribution in [0.25, 0.3) is 0 Å². The van der Waals surface area contributed by atoms with Gasteiger partial charge in [0.25, 0.3) is 10.0 Å². The molecule has 2 heterocycles. The fourth-order valence-corrected chi connectivity index (χ4v) is 3.42. The van der Waals surface area contributed by atoms with Crippen LogP contribution in [0.1, 0.15) is 32.4 Å². The molecule has 2 N–H and O–H groups in total. The lowest BCUT2D eigenvalue weighted by Gasteiger charge is -2.14. The Morgan fingerprint density at radius 3 is 2.85 bits per heavy atom. The summed E-state index contributed by atoms with van der Waals surface area (Å²) in [6.45, 7) is 5.92. The van der Waals surface area contributed by atoms with Gasteiger partial charge >= 0.3 is 0 Å². The van der Waals surface area contributed by atoms with Crippen LogP contribution >= 0.6 is 0 Å². The molecule has 0 aromatic carbocycles. The first-order valence-corrected chi connectivity index (χ1v) is 8.44. The highest BCUT2D eigenvalue weighted by atomic mass is 32.2. The van der Waals surface area contributed by atoms with E-state index < -0.39 is 10.0 Å². The van der Waals surface area contributed by atoms with Crippen LogP contribution in [-0.4, -0.2) is 33.7 Å². The van der Waals surface area contributed by atoms with Gasteiger partial charge in [-0.05, 0) is 38.4 Å². The molecule has 1 fully saturated rings. The average Bonchev–Trinajstić information content (AvgIpc) is 3.00. The van der Waals surface area contributed by atoms with Crippen LogP contribution in [0.3, 0.4) is 0 Å². The minimum atomic E-state index is -3.61. The molecule has 0 spiro atoms. The highest BCUT2D eigenvalue weighted by molar-refractivity contribution is 7.89. The first-order valence-electron chi connectivity index (χ1n) is 6.96. The summed E-state index contributed by atoms with van der Waals surface area (Å²) in [6.07, 6.45) is 1.60. The van der Waals surface area contributed by atoms with E-state index in [0.29, 0.717) is 25.3 Å². The second-order valence-corrected chi connectivity index (χ2v) is 6.63. The lowest BCUT2D eigenvalue weighted by Crippen LogP contribution is -2.38. The van der Waals surface area contributed by atoms with Crippen molar-refractivity contribution in [3.63, 3.8) is 0 Å². The van der Waals surface area contributed by atoms with Crippen LogP contribution in [0.2, 0.25) is 0 Å².